The van der Waals surface area contributed by atoms with Gasteiger partial charge in [0.2, 0.25) is 0 Å². The summed E-state index contributed by atoms with van der Waals surface area (Å²) in [6, 6.07) is 0.443. The minimum absolute atomic E-state index is 0.420. The normalized spacial score (nSPS) is 15.5. The minimum Gasteiger partial charge on any atom is -0.479 e. The van der Waals surface area contributed by atoms with Crippen molar-refractivity contribution in [2.45, 2.75) is 25.3 Å². The fraction of sp³-hybridized carbons (Fsp3) is 0.429. The van der Waals surface area contributed by atoms with Crippen molar-refractivity contribution in [3.63, 3.8) is 0 Å². The van der Waals surface area contributed by atoms with Gasteiger partial charge in [-0.05, 0) is 24.8 Å². The van der Waals surface area contributed by atoms with Crippen molar-refractivity contribution in [2.75, 3.05) is 0 Å². The highest BCUT2D eigenvalue weighted by atomic mass is 32.1. The lowest BCUT2D eigenvalue weighted by Gasteiger charge is -2.13. The summed E-state index contributed by atoms with van der Waals surface area (Å²) in [4.78, 5) is 28.3. The fourth-order valence-electron chi connectivity index (χ4n) is 2.21. The third-order valence-corrected chi connectivity index (χ3v) is 4.63. The maximum Gasteiger partial charge on any atom is 0.332 e. The van der Waals surface area contributed by atoms with E-state index in [1.54, 1.807) is 13.1 Å². The van der Waals surface area contributed by atoms with Crippen LogP contribution < -0.4 is 5.32 Å². The quantitative estimate of drug-likeness (QED) is 0.838. The number of hydrogen-bond donors (Lipinski definition) is 2. The number of carboxylic acid groups (broad SMARTS) is 1. The first kappa shape index (κ1) is 14.7. The largest absolute Gasteiger partial charge is 0.479 e. The Kier molecular flexibility index (Phi) is 3.93. The van der Waals surface area contributed by atoms with Gasteiger partial charge in [0.25, 0.3) is 5.91 Å². The second kappa shape index (κ2) is 5.88. The molecule has 0 aromatic carbocycles. The van der Waals surface area contributed by atoms with Gasteiger partial charge in [-0.15, -0.1) is 11.3 Å². The number of carbonyl (C=O) groups excluding carboxylic acids is 1. The molecule has 1 unspecified atom stereocenters. The smallest absolute Gasteiger partial charge is 0.332 e. The van der Waals surface area contributed by atoms with E-state index in [9.17, 15) is 14.7 Å². The molecule has 1 aliphatic carbocycles. The lowest BCUT2D eigenvalue weighted by Crippen LogP contribution is -2.34. The van der Waals surface area contributed by atoms with Crippen LogP contribution in [0.3, 0.4) is 0 Å². The number of nitrogens with zero attached hydrogens (tertiary/aromatic N) is 3. The van der Waals surface area contributed by atoms with E-state index in [4.69, 9.17) is 0 Å². The Balaban J connectivity index is 1.72. The highest BCUT2D eigenvalue weighted by Gasteiger charge is 2.27. The van der Waals surface area contributed by atoms with Crippen molar-refractivity contribution in [1.82, 2.24) is 20.1 Å². The molecule has 0 radical (unpaired) electrons. The SMILES string of the molecule is Cn1nccc1C(NC(=O)c1cnc(CC2CC2)s1)C(=O)O. The summed E-state index contributed by atoms with van der Waals surface area (Å²) in [7, 11) is 1.64. The number of aryl methyl sites for hydroxylation is 1. The molecule has 8 heteroatoms. The summed E-state index contributed by atoms with van der Waals surface area (Å²) in [6.45, 7) is 0. The molecule has 2 aromatic heterocycles. The van der Waals surface area contributed by atoms with Gasteiger partial charge in [-0.3, -0.25) is 9.48 Å². The third kappa shape index (κ3) is 3.16. The molecule has 1 atom stereocenters. The van der Waals surface area contributed by atoms with Gasteiger partial charge in [0, 0.05) is 19.7 Å². The Morgan fingerprint density at radius 2 is 2.32 bits per heavy atom. The number of nitrogens with one attached hydrogen (secondary N) is 1. The van der Waals surface area contributed by atoms with Crippen LogP contribution in [0.5, 0.6) is 0 Å². The molecule has 2 N–H and O–H groups in total. The number of carboxylic acids is 1. The topological polar surface area (TPSA) is 97.1 Å². The van der Waals surface area contributed by atoms with Crippen LogP contribution >= 0.6 is 11.3 Å². The Labute approximate surface area is 131 Å². The molecule has 0 aliphatic heterocycles. The molecule has 1 saturated carbocycles. The van der Waals surface area contributed by atoms with Crippen molar-refractivity contribution in [2.24, 2.45) is 13.0 Å². The first-order valence-electron chi connectivity index (χ1n) is 7.01. The van der Waals surface area contributed by atoms with E-state index in [1.165, 1.54) is 41.3 Å². The number of hydrogen-bond acceptors (Lipinski definition) is 5. The number of amides is 1. The highest BCUT2D eigenvalue weighted by Crippen LogP contribution is 2.33. The summed E-state index contributed by atoms with van der Waals surface area (Å²) in [5.74, 6) is -0.851. The van der Waals surface area contributed by atoms with E-state index >= 15 is 0 Å². The van der Waals surface area contributed by atoms with Crippen LogP contribution in [-0.4, -0.2) is 31.7 Å². The molecule has 0 spiro atoms. The summed E-state index contributed by atoms with van der Waals surface area (Å²) in [5.41, 5.74) is 0.420. The summed E-state index contributed by atoms with van der Waals surface area (Å²) < 4.78 is 1.43. The van der Waals surface area contributed by atoms with Gasteiger partial charge in [-0.2, -0.15) is 5.10 Å². The lowest BCUT2D eigenvalue weighted by molar-refractivity contribution is -0.139. The number of thiazole rings is 1. The van der Waals surface area contributed by atoms with E-state index in [0.717, 1.165) is 11.4 Å². The molecule has 0 saturated heterocycles. The van der Waals surface area contributed by atoms with Gasteiger partial charge in [-0.25, -0.2) is 9.78 Å². The molecule has 1 fully saturated rings. The lowest BCUT2D eigenvalue weighted by atomic mass is 10.2. The van der Waals surface area contributed by atoms with Crippen molar-refractivity contribution >= 4 is 23.2 Å². The zero-order valence-corrected chi connectivity index (χ0v) is 12.8. The Morgan fingerprint density at radius 1 is 1.55 bits per heavy atom. The standard InChI is InChI=1S/C14H16N4O3S/c1-18-9(4-5-16-18)12(14(20)21)17-13(19)10-7-15-11(22-10)6-8-2-3-8/h4-5,7-8,12H,2-3,6H2,1H3,(H,17,19)(H,20,21). The van der Waals surface area contributed by atoms with Crippen LogP contribution in [0.25, 0.3) is 0 Å². The van der Waals surface area contributed by atoms with Crippen LogP contribution in [0.4, 0.5) is 0 Å². The van der Waals surface area contributed by atoms with Gasteiger partial charge in [0.15, 0.2) is 6.04 Å². The zero-order chi connectivity index (χ0) is 15.7. The molecular formula is C14H16N4O3S. The van der Waals surface area contributed by atoms with E-state index in [0.29, 0.717) is 16.5 Å². The van der Waals surface area contributed by atoms with Crippen LogP contribution in [0, 0.1) is 5.92 Å². The van der Waals surface area contributed by atoms with E-state index < -0.39 is 17.9 Å². The average Bonchev–Trinajstić information content (AvgIpc) is 2.98. The van der Waals surface area contributed by atoms with Crippen LogP contribution in [0.1, 0.15) is 39.3 Å². The van der Waals surface area contributed by atoms with Crippen molar-refractivity contribution in [3.8, 4) is 0 Å². The van der Waals surface area contributed by atoms with Crippen molar-refractivity contribution < 1.29 is 14.7 Å². The second-order valence-corrected chi connectivity index (χ2v) is 6.51. The van der Waals surface area contributed by atoms with Crippen LogP contribution in [-0.2, 0) is 18.3 Å². The Hall–Kier alpha value is -2.22. The maximum atomic E-state index is 12.2. The number of rotatable bonds is 6. The summed E-state index contributed by atoms with van der Waals surface area (Å²) in [6.07, 6.45) is 6.37. The molecule has 2 heterocycles. The van der Waals surface area contributed by atoms with Crippen molar-refractivity contribution in [1.29, 1.82) is 0 Å². The predicted molar refractivity (Wildman–Crippen MR) is 79.6 cm³/mol. The molecule has 1 aliphatic rings. The first-order chi connectivity index (χ1) is 10.5. The maximum absolute atomic E-state index is 12.2. The van der Waals surface area contributed by atoms with Gasteiger partial charge >= 0.3 is 5.97 Å². The molecule has 116 valence electrons. The van der Waals surface area contributed by atoms with Gasteiger partial charge in [0.1, 0.15) is 4.88 Å². The van der Waals surface area contributed by atoms with E-state index in [2.05, 4.69) is 15.4 Å². The van der Waals surface area contributed by atoms with Gasteiger partial charge in [0.05, 0.1) is 16.9 Å². The number of carbonyl (C=O) groups is 2. The number of aliphatic carboxylic acids is 1. The molecule has 3 rings (SSSR count). The average molecular weight is 320 g/mol. The minimum atomic E-state index is -1.13. The van der Waals surface area contributed by atoms with Crippen LogP contribution in [0.15, 0.2) is 18.5 Å². The predicted octanol–water partition coefficient (Wildman–Crippen LogP) is 1.38. The second-order valence-electron chi connectivity index (χ2n) is 5.39. The Morgan fingerprint density at radius 3 is 2.91 bits per heavy atom. The molecule has 1 amide bonds. The van der Waals surface area contributed by atoms with Crippen molar-refractivity contribution in [3.05, 3.63) is 34.0 Å². The fourth-order valence-corrected chi connectivity index (χ4v) is 3.15. The summed E-state index contributed by atoms with van der Waals surface area (Å²) >= 11 is 1.33. The van der Waals surface area contributed by atoms with E-state index in [-0.39, 0.29) is 0 Å². The molecular weight excluding hydrogens is 304 g/mol. The number of aromatic nitrogens is 3. The molecule has 2 aromatic rings. The molecule has 22 heavy (non-hydrogen) atoms. The summed E-state index contributed by atoms with van der Waals surface area (Å²) in [5, 5.41) is 16.7. The third-order valence-electron chi connectivity index (χ3n) is 3.61. The van der Waals surface area contributed by atoms with Crippen LogP contribution in [0.2, 0.25) is 0 Å². The zero-order valence-electron chi connectivity index (χ0n) is 12.0. The van der Waals surface area contributed by atoms with E-state index in [1.807, 2.05) is 0 Å². The Bertz CT molecular complexity index is 705. The molecule has 0 bridgehead atoms. The monoisotopic (exact) mass is 320 g/mol. The highest BCUT2D eigenvalue weighted by molar-refractivity contribution is 7.13. The first-order valence-corrected chi connectivity index (χ1v) is 7.82. The molecule has 7 nitrogen and oxygen atoms in total. The van der Waals surface area contributed by atoms with Gasteiger partial charge < -0.3 is 10.4 Å². The van der Waals surface area contributed by atoms with Gasteiger partial charge in [-0.1, -0.05) is 0 Å².